The Morgan fingerprint density at radius 2 is 1.81 bits per heavy atom. The maximum Gasteiger partial charge on any atom is 0.332 e. The first-order valence-corrected chi connectivity index (χ1v) is 9.38. The standard InChI is InChI=1S/C19H25N5O3/c1-10-7-14(21-16-15(10)18(26)24(4)19(27)23(16)3)17(25)22(2)13-8-11-5-6-12(9-13)20-11/h7,11-13,20H,5-6,8-9H2,1-4H3. The number of aryl methyl sites for hydroxylation is 2. The van der Waals surface area contributed by atoms with Crippen LogP contribution in [-0.2, 0) is 14.1 Å². The lowest BCUT2D eigenvalue weighted by Crippen LogP contribution is -2.49. The molecule has 0 aliphatic carbocycles. The van der Waals surface area contributed by atoms with Crippen molar-refractivity contribution in [2.24, 2.45) is 14.1 Å². The quantitative estimate of drug-likeness (QED) is 0.820. The molecule has 2 saturated heterocycles. The van der Waals surface area contributed by atoms with Gasteiger partial charge in [0.25, 0.3) is 11.5 Å². The van der Waals surface area contributed by atoms with Crippen LogP contribution in [0.3, 0.4) is 0 Å². The highest BCUT2D eigenvalue weighted by molar-refractivity contribution is 5.95. The molecule has 2 unspecified atom stereocenters. The Balaban J connectivity index is 1.74. The first-order valence-electron chi connectivity index (χ1n) is 9.38. The lowest BCUT2D eigenvalue weighted by Gasteiger charge is -2.35. The van der Waals surface area contributed by atoms with Crippen molar-refractivity contribution >= 4 is 16.9 Å². The number of fused-ring (bicyclic) bond motifs is 3. The van der Waals surface area contributed by atoms with Crippen molar-refractivity contribution in [3.63, 3.8) is 0 Å². The highest BCUT2D eigenvalue weighted by Crippen LogP contribution is 2.30. The monoisotopic (exact) mass is 371 g/mol. The number of nitrogens with one attached hydrogen (secondary N) is 1. The van der Waals surface area contributed by atoms with Crippen LogP contribution in [0.1, 0.15) is 41.7 Å². The van der Waals surface area contributed by atoms with E-state index in [0.29, 0.717) is 23.0 Å². The van der Waals surface area contributed by atoms with Gasteiger partial charge >= 0.3 is 5.69 Å². The predicted octanol–water partition coefficient (Wildman–Crippen LogP) is 0.296. The number of carbonyl (C=O) groups excluding carboxylic acids is 1. The Morgan fingerprint density at radius 1 is 1.19 bits per heavy atom. The third-order valence-electron chi connectivity index (χ3n) is 6.14. The van der Waals surface area contributed by atoms with Crippen molar-refractivity contribution in [2.75, 3.05) is 7.05 Å². The molecule has 8 heteroatoms. The molecular weight excluding hydrogens is 346 g/mol. The van der Waals surface area contributed by atoms with E-state index < -0.39 is 5.69 Å². The Bertz CT molecular complexity index is 1040. The first-order chi connectivity index (χ1) is 12.8. The topological polar surface area (TPSA) is 89.2 Å². The molecule has 2 fully saturated rings. The molecule has 2 aliphatic rings. The van der Waals surface area contributed by atoms with Crippen molar-refractivity contribution in [3.05, 3.63) is 38.2 Å². The van der Waals surface area contributed by atoms with Crippen LogP contribution in [0.4, 0.5) is 0 Å². The summed E-state index contributed by atoms with van der Waals surface area (Å²) in [6.45, 7) is 1.78. The van der Waals surface area contributed by atoms with E-state index in [-0.39, 0.29) is 28.8 Å². The van der Waals surface area contributed by atoms with Crippen LogP contribution in [-0.4, -0.2) is 50.1 Å². The average Bonchev–Trinajstić information content (AvgIpc) is 3.00. The lowest BCUT2D eigenvalue weighted by molar-refractivity contribution is 0.0676. The number of amides is 1. The maximum atomic E-state index is 13.1. The van der Waals surface area contributed by atoms with Gasteiger partial charge in [-0.25, -0.2) is 9.78 Å². The lowest BCUT2D eigenvalue weighted by atomic mass is 9.98. The number of nitrogens with zero attached hydrogens (tertiary/aromatic N) is 4. The zero-order chi connectivity index (χ0) is 19.5. The van der Waals surface area contributed by atoms with Gasteiger partial charge in [0, 0.05) is 39.3 Å². The van der Waals surface area contributed by atoms with E-state index in [4.69, 9.17) is 0 Å². The molecule has 8 nitrogen and oxygen atoms in total. The number of piperidine rings is 1. The second-order valence-corrected chi connectivity index (χ2v) is 7.91. The highest BCUT2D eigenvalue weighted by Gasteiger charge is 2.36. The van der Waals surface area contributed by atoms with Crippen molar-refractivity contribution in [1.29, 1.82) is 0 Å². The number of carbonyl (C=O) groups is 1. The fourth-order valence-corrected chi connectivity index (χ4v) is 4.53. The summed E-state index contributed by atoms with van der Waals surface area (Å²) in [5.41, 5.74) is 0.341. The van der Waals surface area contributed by atoms with Crippen molar-refractivity contribution < 1.29 is 4.79 Å². The van der Waals surface area contributed by atoms with Gasteiger partial charge in [-0.05, 0) is 44.2 Å². The molecule has 2 bridgehead atoms. The van der Waals surface area contributed by atoms with Gasteiger partial charge in [-0.3, -0.25) is 18.7 Å². The molecule has 1 amide bonds. The van der Waals surface area contributed by atoms with E-state index in [1.165, 1.54) is 24.5 Å². The summed E-state index contributed by atoms with van der Waals surface area (Å²) >= 11 is 0. The molecule has 0 spiro atoms. The van der Waals surface area contributed by atoms with Crippen LogP contribution in [0.2, 0.25) is 0 Å². The summed E-state index contributed by atoms with van der Waals surface area (Å²) in [5.74, 6) is -0.167. The van der Waals surface area contributed by atoms with E-state index in [2.05, 4.69) is 10.3 Å². The van der Waals surface area contributed by atoms with Crippen molar-refractivity contribution in [2.45, 2.75) is 50.7 Å². The zero-order valence-corrected chi connectivity index (χ0v) is 16.2. The third kappa shape index (κ3) is 2.79. The zero-order valence-electron chi connectivity index (χ0n) is 16.2. The Morgan fingerprint density at radius 3 is 2.44 bits per heavy atom. The highest BCUT2D eigenvalue weighted by atomic mass is 16.2. The summed E-state index contributed by atoms with van der Waals surface area (Å²) in [6.07, 6.45) is 4.23. The van der Waals surface area contributed by atoms with Gasteiger partial charge in [-0.1, -0.05) is 0 Å². The van der Waals surface area contributed by atoms with Gasteiger partial charge < -0.3 is 10.2 Å². The fraction of sp³-hybridized carbons (Fsp3) is 0.579. The fourth-order valence-electron chi connectivity index (χ4n) is 4.53. The largest absolute Gasteiger partial charge is 0.337 e. The molecule has 27 heavy (non-hydrogen) atoms. The number of aromatic nitrogens is 3. The minimum absolute atomic E-state index is 0.167. The van der Waals surface area contributed by atoms with E-state index in [1.807, 2.05) is 7.05 Å². The van der Waals surface area contributed by atoms with Crippen LogP contribution in [0.15, 0.2) is 15.7 Å². The van der Waals surface area contributed by atoms with Crippen LogP contribution in [0.25, 0.3) is 11.0 Å². The van der Waals surface area contributed by atoms with Gasteiger partial charge in [0.2, 0.25) is 0 Å². The molecule has 4 rings (SSSR count). The number of hydrogen-bond acceptors (Lipinski definition) is 5. The molecule has 0 radical (unpaired) electrons. The molecular formula is C19H25N5O3. The predicted molar refractivity (Wildman–Crippen MR) is 102 cm³/mol. The average molecular weight is 371 g/mol. The van der Waals surface area contributed by atoms with E-state index in [1.54, 1.807) is 24.9 Å². The summed E-state index contributed by atoms with van der Waals surface area (Å²) < 4.78 is 2.39. The van der Waals surface area contributed by atoms with Gasteiger partial charge in [-0.2, -0.15) is 0 Å². The van der Waals surface area contributed by atoms with Gasteiger partial charge in [0.1, 0.15) is 11.3 Å². The second kappa shape index (κ2) is 6.30. The molecule has 144 valence electrons. The minimum atomic E-state index is -0.452. The number of pyridine rings is 1. The van der Waals surface area contributed by atoms with E-state index >= 15 is 0 Å². The molecule has 1 N–H and O–H groups in total. The van der Waals surface area contributed by atoms with Crippen LogP contribution in [0, 0.1) is 6.92 Å². The molecule has 0 saturated carbocycles. The molecule has 2 aromatic rings. The summed E-state index contributed by atoms with van der Waals surface area (Å²) in [7, 11) is 4.84. The van der Waals surface area contributed by atoms with E-state index in [0.717, 1.165) is 17.4 Å². The third-order valence-corrected chi connectivity index (χ3v) is 6.14. The number of rotatable bonds is 2. The summed E-state index contributed by atoms with van der Waals surface area (Å²) in [6, 6.07) is 2.81. The minimum Gasteiger partial charge on any atom is -0.337 e. The Kier molecular flexibility index (Phi) is 4.18. The van der Waals surface area contributed by atoms with Crippen LogP contribution >= 0.6 is 0 Å². The Labute approximate surface area is 156 Å². The number of hydrogen-bond donors (Lipinski definition) is 1. The van der Waals surface area contributed by atoms with Gasteiger partial charge in [0.05, 0.1) is 5.39 Å². The maximum absolute atomic E-state index is 13.1. The van der Waals surface area contributed by atoms with Crippen LogP contribution < -0.4 is 16.6 Å². The molecule has 2 atom stereocenters. The van der Waals surface area contributed by atoms with E-state index in [9.17, 15) is 14.4 Å². The molecule has 4 heterocycles. The summed E-state index contributed by atoms with van der Waals surface area (Å²) in [4.78, 5) is 44.0. The molecule has 2 aromatic heterocycles. The van der Waals surface area contributed by atoms with Gasteiger partial charge in [-0.15, -0.1) is 0 Å². The summed E-state index contributed by atoms with van der Waals surface area (Å²) in [5, 5.41) is 3.96. The second-order valence-electron chi connectivity index (χ2n) is 7.91. The van der Waals surface area contributed by atoms with Crippen molar-refractivity contribution in [1.82, 2.24) is 24.3 Å². The molecule has 2 aliphatic heterocycles. The van der Waals surface area contributed by atoms with Crippen molar-refractivity contribution in [3.8, 4) is 0 Å². The SMILES string of the molecule is Cc1cc(C(=O)N(C)C2CC3CCC(C2)N3)nc2c1c(=O)n(C)c(=O)n2C. The Hall–Kier alpha value is -2.48. The van der Waals surface area contributed by atoms with Crippen LogP contribution in [0.5, 0.6) is 0 Å². The smallest absolute Gasteiger partial charge is 0.332 e. The normalized spacial score (nSPS) is 24.4. The van der Waals surface area contributed by atoms with Gasteiger partial charge in [0.15, 0.2) is 0 Å². The molecule has 0 aromatic carbocycles. The first kappa shape index (κ1) is 17.9.